The van der Waals surface area contributed by atoms with Crippen molar-refractivity contribution in [1.82, 2.24) is 0 Å². The third-order valence-corrected chi connectivity index (χ3v) is 3.48. The molecular weight excluding hydrogens is 256 g/mol. The highest BCUT2D eigenvalue weighted by molar-refractivity contribution is 9.10. The van der Waals surface area contributed by atoms with Gasteiger partial charge in [0.2, 0.25) is 6.10 Å². The number of ether oxygens (including phenoxy) is 1. The number of hydrogen-bond donors (Lipinski definition) is 1. The molecule has 1 aromatic heterocycles. The van der Waals surface area contributed by atoms with E-state index in [1.807, 2.05) is 11.4 Å². The van der Waals surface area contributed by atoms with Crippen LogP contribution in [0.5, 0.6) is 0 Å². The molecule has 13 heavy (non-hydrogen) atoms. The number of nitrogens with two attached hydrogens (primary N) is 1. The van der Waals surface area contributed by atoms with Crippen LogP contribution in [0.2, 0.25) is 0 Å². The summed E-state index contributed by atoms with van der Waals surface area (Å²) >= 11 is 4.74. The Morgan fingerprint density at radius 2 is 2.46 bits per heavy atom. The molecule has 2 rings (SSSR count). The number of carbonyl (C=O) groups is 1. The summed E-state index contributed by atoms with van der Waals surface area (Å²) in [5.41, 5.74) is 5.27. The fourth-order valence-corrected chi connectivity index (χ4v) is 2.62. The molecule has 68 valence electrons. The van der Waals surface area contributed by atoms with Gasteiger partial charge in [-0.2, -0.15) is 4.99 Å². The van der Waals surface area contributed by atoms with Crippen LogP contribution in [0.4, 0.5) is 0 Å². The van der Waals surface area contributed by atoms with Crippen LogP contribution in [0, 0.1) is 0 Å². The van der Waals surface area contributed by atoms with Crippen molar-refractivity contribution in [2.24, 2.45) is 10.7 Å². The molecule has 1 aliphatic heterocycles. The van der Waals surface area contributed by atoms with Gasteiger partial charge in [-0.25, -0.2) is 0 Å². The van der Waals surface area contributed by atoms with E-state index in [9.17, 15) is 4.79 Å². The Morgan fingerprint density at radius 1 is 1.69 bits per heavy atom. The summed E-state index contributed by atoms with van der Waals surface area (Å²) in [6.07, 6.45) is -0.658. The van der Waals surface area contributed by atoms with Crippen LogP contribution in [0.1, 0.15) is 11.0 Å². The highest BCUT2D eigenvalue weighted by atomic mass is 79.9. The van der Waals surface area contributed by atoms with Crippen LogP contribution in [-0.2, 0) is 9.53 Å². The molecule has 0 radical (unpaired) electrons. The van der Waals surface area contributed by atoms with Crippen molar-refractivity contribution in [3.05, 3.63) is 20.8 Å². The Bertz CT molecular complexity index is 388. The topological polar surface area (TPSA) is 64.7 Å². The molecule has 1 aromatic rings. The van der Waals surface area contributed by atoms with E-state index in [2.05, 4.69) is 20.9 Å². The number of carbonyl (C=O) groups excluding carboxylic acids is 1. The third-order valence-electron chi connectivity index (χ3n) is 1.57. The molecule has 1 amide bonds. The van der Waals surface area contributed by atoms with Crippen LogP contribution in [0.25, 0.3) is 0 Å². The Hall–Kier alpha value is -0.880. The van der Waals surface area contributed by atoms with E-state index in [4.69, 9.17) is 10.5 Å². The Morgan fingerprint density at radius 3 is 2.92 bits per heavy atom. The van der Waals surface area contributed by atoms with Crippen LogP contribution >= 0.6 is 27.3 Å². The Balaban J connectivity index is 2.31. The standard InChI is InChI=1S/C7H5BrN2O2S/c8-3-1-2-13-5(3)4-6(11)10-7(9)12-4/h1-2,4H,(H2,9,10,11). The first-order valence-electron chi connectivity index (χ1n) is 3.46. The van der Waals surface area contributed by atoms with Crippen molar-refractivity contribution in [3.63, 3.8) is 0 Å². The second-order valence-corrected chi connectivity index (χ2v) is 4.22. The quantitative estimate of drug-likeness (QED) is 0.831. The largest absolute Gasteiger partial charge is 0.446 e. The zero-order valence-electron chi connectivity index (χ0n) is 6.36. The lowest BCUT2D eigenvalue weighted by molar-refractivity contribution is -0.122. The maximum Gasteiger partial charge on any atom is 0.296 e. The molecular formula is C7H5BrN2O2S. The Labute approximate surface area is 86.5 Å². The van der Waals surface area contributed by atoms with Crippen molar-refractivity contribution in [3.8, 4) is 0 Å². The minimum atomic E-state index is -0.658. The molecule has 1 unspecified atom stereocenters. The molecule has 0 bridgehead atoms. The fraction of sp³-hybridized carbons (Fsp3) is 0.143. The lowest BCUT2D eigenvalue weighted by atomic mass is 10.3. The average Bonchev–Trinajstić information content (AvgIpc) is 2.58. The first-order valence-corrected chi connectivity index (χ1v) is 5.13. The van der Waals surface area contributed by atoms with Gasteiger partial charge in [-0.05, 0) is 27.4 Å². The number of rotatable bonds is 1. The zero-order valence-corrected chi connectivity index (χ0v) is 8.76. The van der Waals surface area contributed by atoms with Crippen molar-refractivity contribution in [2.75, 3.05) is 0 Å². The van der Waals surface area contributed by atoms with Crippen LogP contribution in [-0.4, -0.2) is 11.9 Å². The van der Waals surface area contributed by atoms with Gasteiger partial charge in [0.15, 0.2) is 0 Å². The van der Waals surface area contributed by atoms with E-state index in [-0.39, 0.29) is 11.9 Å². The Kier molecular flexibility index (Phi) is 2.09. The number of thiophene rings is 1. The lowest BCUT2D eigenvalue weighted by Crippen LogP contribution is -2.13. The smallest absolute Gasteiger partial charge is 0.296 e. The summed E-state index contributed by atoms with van der Waals surface area (Å²) in [6, 6.07) is 1.79. The van der Waals surface area contributed by atoms with E-state index in [1.165, 1.54) is 11.3 Å². The molecule has 0 aliphatic carbocycles. The average molecular weight is 261 g/mol. The summed E-state index contributed by atoms with van der Waals surface area (Å²) in [5.74, 6) is -0.347. The minimum absolute atomic E-state index is 0.0599. The molecule has 2 N–H and O–H groups in total. The molecule has 0 aromatic carbocycles. The fourth-order valence-electron chi connectivity index (χ4n) is 1.02. The summed E-state index contributed by atoms with van der Waals surface area (Å²) in [7, 11) is 0. The van der Waals surface area contributed by atoms with Gasteiger partial charge in [-0.1, -0.05) is 0 Å². The highest BCUT2D eigenvalue weighted by Crippen LogP contribution is 2.33. The first kappa shape index (κ1) is 8.71. The van der Waals surface area contributed by atoms with Crippen LogP contribution < -0.4 is 5.73 Å². The number of hydrogen-bond acceptors (Lipinski definition) is 4. The molecule has 0 fully saturated rings. The van der Waals surface area contributed by atoms with Crippen molar-refractivity contribution in [2.45, 2.75) is 6.10 Å². The number of amides is 1. The molecule has 4 nitrogen and oxygen atoms in total. The second kappa shape index (κ2) is 3.12. The molecule has 1 atom stereocenters. The van der Waals surface area contributed by atoms with Gasteiger partial charge in [0, 0.05) is 4.47 Å². The van der Waals surface area contributed by atoms with E-state index in [0.717, 1.165) is 9.35 Å². The highest BCUT2D eigenvalue weighted by Gasteiger charge is 2.31. The third kappa shape index (κ3) is 1.47. The minimum Gasteiger partial charge on any atom is -0.446 e. The van der Waals surface area contributed by atoms with Crippen LogP contribution in [0.15, 0.2) is 20.9 Å². The lowest BCUT2D eigenvalue weighted by Gasteiger charge is -2.05. The van der Waals surface area contributed by atoms with Crippen LogP contribution in [0.3, 0.4) is 0 Å². The zero-order chi connectivity index (χ0) is 9.42. The van der Waals surface area contributed by atoms with Gasteiger partial charge >= 0.3 is 0 Å². The number of halogens is 1. The van der Waals surface area contributed by atoms with E-state index < -0.39 is 6.10 Å². The maximum atomic E-state index is 11.2. The monoisotopic (exact) mass is 260 g/mol. The van der Waals surface area contributed by atoms with Crippen molar-refractivity contribution >= 4 is 39.2 Å². The summed E-state index contributed by atoms with van der Waals surface area (Å²) in [4.78, 5) is 15.5. The predicted octanol–water partition coefficient (Wildman–Crippen LogP) is 1.42. The second-order valence-electron chi connectivity index (χ2n) is 2.42. The van der Waals surface area contributed by atoms with Gasteiger partial charge in [-0.15, -0.1) is 11.3 Å². The van der Waals surface area contributed by atoms with E-state index in [0.29, 0.717) is 0 Å². The predicted molar refractivity (Wildman–Crippen MR) is 52.5 cm³/mol. The molecule has 0 spiro atoms. The van der Waals surface area contributed by atoms with Gasteiger partial charge < -0.3 is 10.5 Å². The first-order chi connectivity index (χ1) is 6.18. The molecule has 6 heteroatoms. The van der Waals surface area contributed by atoms with E-state index >= 15 is 0 Å². The molecule has 2 heterocycles. The molecule has 0 saturated carbocycles. The van der Waals surface area contributed by atoms with Gasteiger partial charge in [0.05, 0.1) is 4.88 Å². The van der Waals surface area contributed by atoms with Gasteiger partial charge in [0.25, 0.3) is 11.9 Å². The SMILES string of the molecule is NC1=NC(=O)C(c2sccc2Br)O1. The van der Waals surface area contributed by atoms with Crippen molar-refractivity contribution < 1.29 is 9.53 Å². The van der Waals surface area contributed by atoms with Crippen molar-refractivity contribution in [1.29, 1.82) is 0 Å². The van der Waals surface area contributed by atoms with Gasteiger partial charge in [-0.3, -0.25) is 4.79 Å². The van der Waals surface area contributed by atoms with E-state index in [1.54, 1.807) is 0 Å². The molecule has 1 aliphatic rings. The normalized spacial score (nSPS) is 21.5. The summed E-state index contributed by atoms with van der Waals surface area (Å²) in [5, 5.41) is 1.87. The summed E-state index contributed by atoms with van der Waals surface area (Å²) in [6.45, 7) is 0. The molecule has 0 saturated heterocycles. The summed E-state index contributed by atoms with van der Waals surface area (Å²) < 4.78 is 5.91. The number of aliphatic imine (C=N–C) groups is 1. The maximum absolute atomic E-state index is 11.2. The van der Waals surface area contributed by atoms with Gasteiger partial charge in [0.1, 0.15) is 0 Å². The number of nitrogens with zero attached hydrogens (tertiary/aromatic N) is 1. The number of amidine groups is 1.